The third kappa shape index (κ3) is 3.53. The molecular weight excluding hydrogens is 230 g/mol. The monoisotopic (exact) mass is 253 g/mol. The van der Waals surface area contributed by atoms with E-state index >= 15 is 0 Å². The summed E-state index contributed by atoms with van der Waals surface area (Å²) in [5.74, 6) is 0.641. The zero-order chi connectivity index (χ0) is 13.0. The molecule has 1 N–H and O–H groups in total. The van der Waals surface area contributed by atoms with Gasteiger partial charge in [-0.15, -0.1) is 0 Å². The van der Waals surface area contributed by atoms with Crippen LogP contribution in [0.25, 0.3) is 0 Å². The van der Waals surface area contributed by atoms with Crippen molar-refractivity contribution in [3.63, 3.8) is 0 Å². The van der Waals surface area contributed by atoms with Gasteiger partial charge in [0.05, 0.1) is 6.54 Å². The van der Waals surface area contributed by atoms with Crippen LogP contribution in [0.5, 0.6) is 0 Å². The van der Waals surface area contributed by atoms with Gasteiger partial charge in [0, 0.05) is 19.5 Å². The molecule has 0 aliphatic carbocycles. The van der Waals surface area contributed by atoms with Crippen LogP contribution in [0.3, 0.4) is 0 Å². The summed E-state index contributed by atoms with van der Waals surface area (Å²) in [4.78, 5) is 26.9. The van der Waals surface area contributed by atoms with Crippen LogP contribution in [0.2, 0.25) is 0 Å². The van der Waals surface area contributed by atoms with Crippen LogP contribution < -0.4 is 5.32 Å². The van der Waals surface area contributed by atoms with Gasteiger partial charge in [0.15, 0.2) is 0 Å². The van der Waals surface area contributed by atoms with E-state index in [0.29, 0.717) is 25.4 Å². The van der Waals surface area contributed by atoms with Gasteiger partial charge in [-0.2, -0.15) is 0 Å². The molecule has 18 heavy (non-hydrogen) atoms. The third-order valence-electron chi connectivity index (χ3n) is 3.81. The van der Waals surface area contributed by atoms with Gasteiger partial charge in [-0.25, -0.2) is 0 Å². The van der Waals surface area contributed by atoms with Crippen LogP contribution >= 0.6 is 0 Å². The highest BCUT2D eigenvalue weighted by Crippen LogP contribution is 2.14. The van der Waals surface area contributed by atoms with Gasteiger partial charge in [0.1, 0.15) is 0 Å². The minimum absolute atomic E-state index is 0.00438. The predicted molar refractivity (Wildman–Crippen MR) is 69.0 cm³/mol. The second kappa shape index (κ2) is 6.29. The topological polar surface area (TPSA) is 52.7 Å². The molecular formula is C13H23N3O2. The number of nitrogens with one attached hydrogen (secondary N) is 1. The highest BCUT2D eigenvalue weighted by Gasteiger charge is 2.27. The molecule has 5 nitrogen and oxygen atoms in total. The molecule has 2 saturated heterocycles. The molecule has 102 valence electrons. The molecule has 0 spiro atoms. The van der Waals surface area contributed by atoms with Gasteiger partial charge in [0.2, 0.25) is 11.8 Å². The van der Waals surface area contributed by atoms with Crippen LogP contribution in [-0.2, 0) is 9.59 Å². The van der Waals surface area contributed by atoms with Crippen LogP contribution in [0, 0.1) is 5.92 Å². The van der Waals surface area contributed by atoms with Crippen LogP contribution in [-0.4, -0.2) is 61.4 Å². The van der Waals surface area contributed by atoms with Crippen LogP contribution in [0.15, 0.2) is 0 Å². The number of imide groups is 1. The maximum atomic E-state index is 12.0. The molecule has 0 radical (unpaired) electrons. The summed E-state index contributed by atoms with van der Waals surface area (Å²) in [5.41, 5.74) is 0. The summed E-state index contributed by atoms with van der Waals surface area (Å²) in [6.07, 6.45) is 3.72. The van der Waals surface area contributed by atoms with Gasteiger partial charge in [-0.05, 0) is 45.3 Å². The van der Waals surface area contributed by atoms with E-state index in [1.165, 1.54) is 17.7 Å². The van der Waals surface area contributed by atoms with Gasteiger partial charge >= 0.3 is 0 Å². The lowest BCUT2D eigenvalue weighted by Gasteiger charge is -2.28. The maximum Gasteiger partial charge on any atom is 0.243 e. The fourth-order valence-corrected chi connectivity index (χ4v) is 2.80. The summed E-state index contributed by atoms with van der Waals surface area (Å²) in [7, 11) is 1.97. The van der Waals surface area contributed by atoms with Crippen molar-refractivity contribution >= 4 is 11.8 Å². The lowest BCUT2D eigenvalue weighted by molar-refractivity contribution is -0.142. The fourth-order valence-electron chi connectivity index (χ4n) is 2.80. The van der Waals surface area contributed by atoms with Gasteiger partial charge in [0.25, 0.3) is 0 Å². The van der Waals surface area contributed by atoms with Gasteiger partial charge in [-0.1, -0.05) is 0 Å². The average Bonchev–Trinajstić information content (AvgIpc) is 2.76. The van der Waals surface area contributed by atoms with E-state index in [2.05, 4.69) is 10.2 Å². The zero-order valence-corrected chi connectivity index (χ0v) is 11.2. The number of amides is 2. The van der Waals surface area contributed by atoms with Crippen molar-refractivity contribution in [2.24, 2.45) is 5.92 Å². The molecule has 0 aromatic rings. The molecule has 0 aromatic heterocycles. The average molecular weight is 253 g/mol. The Balaban J connectivity index is 1.74. The summed E-state index contributed by atoms with van der Waals surface area (Å²) in [5, 5.41) is 3.34. The highest BCUT2D eigenvalue weighted by molar-refractivity contribution is 5.97. The number of likely N-dealkylation sites (N-methyl/N-ethyl adjacent to an activating group) is 1. The number of nitrogens with zero attached hydrogens (tertiary/aromatic N) is 2. The fraction of sp³-hybridized carbons (Fsp3) is 0.846. The first-order valence-corrected chi connectivity index (χ1v) is 6.89. The Kier molecular flexibility index (Phi) is 4.72. The zero-order valence-electron chi connectivity index (χ0n) is 11.2. The number of hydrogen-bond donors (Lipinski definition) is 1. The van der Waals surface area contributed by atoms with E-state index in [1.807, 2.05) is 7.05 Å². The number of hydrogen-bond acceptors (Lipinski definition) is 4. The summed E-state index contributed by atoms with van der Waals surface area (Å²) < 4.78 is 0. The van der Waals surface area contributed by atoms with Crippen molar-refractivity contribution in [1.82, 2.24) is 15.1 Å². The number of carbonyl (C=O) groups is 2. The standard InChI is InChI=1S/C13H23N3O2/c1-15(9-11-4-6-14-7-5-11)10-13(18)16-8-2-3-12(16)17/h11,14H,2-10H2,1H3. The van der Waals surface area contributed by atoms with Crippen molar-refractivity contribution in [1.29, 1.82) is 0 Å². The van der Waals surface area contributed by atoms with Crippen LogP contribution in [0.4, 0.5) is 0 Å². The molecule has 2 aliphatic heterocycles. The number of likely N-dealkylation sites (tertiary alicyclic amines) is 1. The molecule has 0 aromatic carbocycles. The summed E-state index contributed by atoms with van der Waals surface area (Å²) in [6.45, 7) is 4.10. The van der Waals surface area contributed by atoms with E-state index in [1.54, 1.807) is 0 Å². The van der Waals surface area contributed by atoms with E-state index in [9.17, 15) is 9.59 Å². The van der Waals surface area contributed by atoms with Crippen LogP contribution in [0.1, 0.15) is 25.7 Å². The lowest BCUT2D eigenvalue weighted by atomic mass is 9.98. The normalized spacial score (nSPS) is 21.9. The van der Waals surface area contributed by atoms with Gasteiger partial charge < -0.3 is 5.32 Å². The van der Waals surface area contributed by atoms with E-state index < -0.39 is 0 Å². The first-order chi connectivity index (χ1) is 8.66. The molecule has 2 rings (SSSR count). The summed E-state index contributed by atoms with van der Waals surface area (Å²) in [6, 6.07) is 0. The van der Waals surface area contributed by atoms with Crippen molar-refractivity contribution in [3.8, 4) is 0 Å². The second-order valence-corrected chi connectivity index (χ2v) is 5.43. The van der Waals surface area contributed by atoms with Crippen molar-refractivity contribution in [3.05, 3.63) is 0 Å². The minimum atomic E-state index is -0.0334. The van der Waals surface area contributed by atoms with Crippen molar-refractivity contribution < 1.29 is 9.59 Å². The third-order valence-corrected chi connectivity index (χ3v) is 3.81. The second-order valence-electron chi connectivity index (χ2n) is 5.43. The van der Waals surface area contributed by atoms with E-state index in [-0.39, 0.29) is 11.8 Å². The maximum absolute atomic E-state index is 12.0. The summed E-state index contributed by atoms with van der Waals surface area (Å²) >= 11 is 0. The Bertz CT molecular complexity index is 313. The molecule has 0 unspecified atom stereocenters. The number of piperidine rings is 1. The Hall–Kier alpha value is -0.940. The Morgan fingerprint density at radius 1 is 1.44 bits per heavy atom. The molecule has 2 amide bonds. The van der Waals surface area contributed by atoms with E-state index in [4.69, 9.17) is 0 Å². The van der Waals surface area contributed by atoms with Crippen molar-refractivity contribution in [2.75, 3.05) is 39.8 Å². The number of rotatable bonds is 4. The first kappa shape index (κ1) is 13.5. The smallest absolute Gasteiger partial charge is 0.243 e. The molecule has 2 aliphatic rings. The molecule has 2 heterocycles. The predicted octanol–water partition coefficient (Wildman–Crippen LogP) is 0.0668. The van der Waals surface area contributed by atoms with E-state index in [0.717, 1.165) is 26.1 Å². The Morgan fingerprint density at radius 3 is 2.78 bits per heavy atom. The minimum Gasteiger partial charge on any atom is -0.317 e. The molecule has 2 fully saturated rings. The molecule has 0 atom stereocenters. The Morgan fingerprint density at radius 2 is 2.17 bits per heavy atom. The SMILES string of the molecule is CN(CC(=O)N1CCCC1=O)CC1CCNCC1. The Labute approximate surface area is 108 Å². The highest BCUT2D eigenvalue weighted by atomic mass is 16.2. The largest absolute Gasteiger partial charge is 0.317 e. The molecule has 5 heteroatoms. The number of carbonyl (C=O) groups excluding carboxylic acids is 2. The first-order valence-electron chi connectivity index (χ1n) is 6.89. The van der Waals surface area contributed by atoms with Gasteiger partial charge in [-0.3, -0.25) is 19.4 Å². The van der Waals surface area contributed by atoms with Crippen molar-refractivity contribution in [2.45, 2.75) is 25.7 Å². The molecule has 0 saturated carbocycles. The molecule has 0 bridgehead atoms. The lowest BCUT2D eigenvalue weighted by Crippen LogP contribution is -2.42. The quantitative estimate of drug-likeness (QED) is 0.770.